The summed E-state index contributed by atoms with van der Waals surface area (Å²) in [6.45, 7) is 3.35. The van der Waals surface area contributed by atoms with E-state index in [1.165, 1.54) is 6.07 Å². The van der Waals surface area contributed by atoms with Crippen molar-refractivity contribution in [3.63, 3.8) is 0 Å². The summed E-state index contributed by atoms with van der Waals surface area (Å²) in [6, 6.07) is 3.31. The molecule has 1 aromatic carbocycles. The Kier molecular flexibility index (Phi) is 5.90. The number of nitrogens with one attached hydrogen (secondary N) is 1. The van der Waals surface area contributed by atoms with Gasteiger partial charge in [0, 0.05) is 51.6 Å². The molecule has 154 valence electrons. The predicted molar refractivity (Wildman–Crippen MR) is 113 cm³/mol. The first-order chi connectivity index (χ1) is 13.2. The average molecular weight is 410 g/mol. The van der Waals surface area contributed by atoms with Crippen molar-refractivity contribution in [1.29, 1.82) is 0 Å². The third-order valence-corrected chi connectivity index (χ3v) is 5.63. The van der Waals surface area contributed by atoms with Gasteiger partial charge in [-0.1, -0.05) is 11.6 Å². The van der Waals surface area contributed by atoms with Crippen LogP contribution in [0.25, 0.3) is 0 Å². The Morgan fingerprint density at radius 3 is 2.61 bits per heavy atom. The van der Waals surface area contributed by atoms with Crippen molar-refractivity contribution >= 4 is 28.7 Å². The first-order valence-electron chi connectivity index (χ1n) is 9.59. The quantitative estimate of drug-likeness (QED) is 0.308. The summed E-state index contributed by atoms with van der Waals surface area (Å²) in [4.78, 5) is 17.7. The number of benzene rings is 1. The van der Waals surface area contributed by atoms with Crippen LogP contribution in [0.1, 0.15) is 12.8 Å². The van der Waals surface area contributed by atoms with Gasteiger partial charge in [0.25, 0.3) is 5.69 Å². The van der Waals surface area contributed by atoms with Crippen molar-refractivity contribution in [3.8, 4) is 0 Å². The van der Waals surface area contributed by atoms with E-state index in [1.54, 1.807) is 0 Å². The van der Waals surface area contributed by atoms with Crippen molar-refractivity contribution in [2.45, 2.75) is 19.0 Å². The highest BCUT2D eigenvalue weighted by atomic mass is 35.5. The molecule has 0 amide bonds. The van der Waals surface area contributed by atoms with Gasteiger partial charge in [0.1, 0.15) is 5.69 Å². The SMILES string of the molecule is CN1C=CN(CCCNc2cc(N3CCC3[N+](C)(C)C)c(Cl)cc2[N+](=O)[O-])C1. The normalized spacial score (nSPS) is 19.2. The molecule has 1 saturated heterocycles. The second-order valence-electron chi connectivity index (χ2n) is 8.45. The van der Waals surface area contributed by atoms with Crippen LogP contribution in [0, 0.1) is 10.1 Å². The van der Waals surface area contributed by atoms with Gasteiger partial charge in [-0.2, -0.15) is 0 Å². The topological polar surface area (TPSA) is 64.9 Å². The Hall–Kier alpha value is -2.19. The molecule has 1 aromatic rings. The van der Waals surface area contributed by atoms with Crippen molar-refractivity contribution in [2.24, 2.45) is 0 Å². The van der Waals surface area contributed by atoms with Crippen LogP contribution in [0.2, 0.25) is 5.02 Å². The van der Waals surface area contributed by atoms with Crippen molar-refractivity contribution in [2.75, 3.05) is 64.7 Å². The van der Waals surface area contributed by atoms with Gasteiger partial charge in [0.05, 0.1) is 43.4 Å². The van der Waals surface area contributed by atoms with E-state index in [0.29, 0.717) is 23.4 Å². The zero-order valence-electron chi connectivity index (χ0n) is 17.1. The summed E-state index contributed by atoms with van der Waals surface area (Å²) >= 11 is 6.43. The minimum Gasteiger partial charge on any atom is -0.379 e. The van der Waals surface area contributed by atoms with Gasteiger partial charge in [-0.15, -0.1) is 0 Å². The fourth-order valence-electron chi connectivity index (χ4n) is 3.76. The summed E-state index contributed by atoms with van der Waals surface area (Å²) in [5.41, 5.74) is 1.42. The number of hydrogen-bond donors (Lipinski definition) is 1. The van der Waals surface area contributed by atoms with Gasteiger partial charge < -0.3 is 24.5 Å². The largest absolute Gasteiger partial charge is 0.379 e. The summed E-state index contributed by atoms with van der Waals surface area (Å²) in [5, 5.41) is 15.2. The molecule has 2 heterocycles. The number of nitro benzene ring substituents is 1. The number of nitro groups is 1. The molecule has 2 aliphatic rings. The van der Waals surface area contributed by atoms with Crippen LogP contribution in [0.5, 0.6) is 0 Å². The minimum atomic E-state index is -0.371. The van der Waals surface area contributed by atoms with E-state index < -0.39 is 0 Å². The monoisotopic (exact) mass is 409 g/mol. The molecule has 1 fully saturated rings. The molecule has 28 heavy (non-hydrogen) atoms. The van der Waals surface area contributed by atoms with Crippen molar-refractivity contribution in [3.05, 3.63) is 39.7 Å². The number of quaternary nitrogens is 1. The van der Waals surface area contributed by atoms with Crippen LogP contribution in [0.15, 0.2) is 24.5 Å². The lowest BCUT2D eigenvalue weighted by Gasteiger charge is -2.49. The summed E-state index contributed by atoms with van der Waals surface area (Å²) in [6.07, 6.45) is 6.40. The van der Waals surface area contributed by atoms with Gasteiger partial charge in [0.2, 0.25) is 0 Å². The van der Waals surface area contributed by atoms with E-state index in [-0.39, 0.29) is 10.6 Å². The molecule has 8 nitrogen and oxygen atoms in total. The highest BCUT2D eigenvalue weighted by molar-refractivity contribution is 6.33. The van der Waals surface area contributed by atoms with Crippen LogP contribution >= 0.6 is 11.6 Å². The van der Waals surface area contributed by atoms with Crippen LogP contribution < -0.4 is 10.2 Å². The van der Waals surface area contributed by atoms with Crippen molar-refractivity contribution < 1.29 is 9.41 Å². The molecule has 9 heteroatoms. The molecule has 2 aliphatic heterocycles. The number of rotatable bonds is 8. The zero-order chi connectivity index (χ0) is 20.5. The molecular weight excluding hydrogens is 380 g/mol. The lowest BCUT2D eigenvalue weighted by atomic mass is 10.1. The second-order valence-corrected chi connectivity index (χ2v) is 8.85. The number of halogens is 1. The first kappa shape index (κ1) is 20.5. The average Bonchev–Trinajstić information content (AvgIpc) is 2.96. The third kappa shape index (κ3) is 4.44. The molecule has 0 aromatic heterocycles. The second kappa shape index (κ2) is 8.05. The fourth-order valence-corrected chi connectivity index (χ4v) is 4.03. The molecule has 1 N–H and O–H groups in total. The Balaban J connectivity index is 1.70. The maximum atomic E-state index is 11.5. The maximum absolute atomic E-state index is 11.5. The third-order valence-electron chi connectivity index (χ3n) is 5.33. The summed E-state index contributed by atoms with van der Waals surface area (Å²) in [5.74, 6) is 0. The maximum Gasteiger partial charge on any atom is 0.293 e. The number of anilines is 2. The Morgan fingerprint density at radius 1 is 1.32 bits per heavy atom. The first-order valence-corrected chi connectivity index (χ1v) is 9.97. The van der Waals surface area contributed by atoms with E-state index in [2.05, 4.69) is 47.4 Å². The van der Waals surface area contributed by atoms with E-state index in [9.17, 15) is 10.1 Å². The fraction of sp³-hybridized carbons (Fsp3) is 0.579. The van der Waals surface area contributed by atoms with Gasteiger partial charge in [-0.25, -0.2) is 0 Å². The number of hydrogen-bond acceptors (Lipinski definition) is 6. The lowest BCUT2D eigenvalue weighted by molar-refractivity contribution is -0.900. The van der Waals surface area contributed by atoms with Crippen LogP contribution in [-0.2, 0) is 0 Å². The van der Waals surface area contributed by atoms with E-state index in [0.717, 1.165) is 42.8 Å². The molecule has 0 radical (unpaired) electrons. The summed E-state index contributed by atoms with van der Waals surface area (Å²) < 4.78 is 0.799. The molecule has 1 atom stereocenters. The van der Waals surface area contributed by atoms with E-state index in [1.807, 2.05) is 19.3 Å². The molecule has 0 saturated carbocycles. The van der Waals surface area contributed by atoms with Crippen molar-refractivity contribution in [1.82, 2.24) is 9.80 Å². The molecule has 0 bridgehead atoms. The molecular formula is C19H30ClN6O2+. The standard InChI is InChI=1S/C19H30ClN6O2/c1-22-10-11-23(14-22)8-5-7-21-16-13-17(15(20)12-18(16)25(27)28)24-9-6-19(24)26(2,3)4/h10-13,19,21H,5-9,14H2,1-4H3/q+1. The predicted octanol–water partition coefficient (Wildman–Crippen LogP) is 2.97. The Morgan fingerprint density at radius 2 is 2.07 bits per heavy atom. The van der Waals surface area contributed by atoms with E-state index in [4.69, 9.17) is 11.6 Å². The Labute approximate surface area is 171 Å². The smallest absolute Gasteiger partial charge is 0.293 e. The minimum absolute atomic E-state index is 0.0249. The van der Waals surface area contributed by atoms with E-state index >= 15 is 0 Å². The molecule has 3 rings (SSSR count). The molecule has 0 spiro atoms. The van der Waals surface area contributed by atoms with Gasteiger partial charge in [-0.05, 0) is 12.5 Å². The van der Waals surface area contributed by atoms with Crippen LogP contribution in [-0.4, -0.2) is 79.9 Å². The highest BCUT2D eigenvalue weighted by Gasteiger charge is 2.40. The summed E-state index contributed by atoms with van der Waals surface area (Å²) in [7, 11) is 8.49. The zero-order valence-corrected chi connectivity index (χ0v) is 17.8. The highest BCUT2D eigenvalue weighted by Crippen LogP contribution is 2.40. The van der Waals surface area contributed by atoms with Crippen LogP contribution in [0.4, 0.5) is 17.1 Å². The van der Waals surface area contributed by atoms with Crippen LogP contribution in [0.3, 0.4) is 0 Å². The molecule has 0 aliphatic carbocycles. The lowest BCUT2D eigenvalue weighted by Crippen LogP contribution is -2.63. The molecule has 1 unspecified atom stereocenters. The van der Waals surface area contributed by atoms with Gasteiger partial charge >= 0.3 is 0 Å². The van der Waals surface area contributed by atoms with Gasteiger partial charge in [0.15, 0.2) is 6.17 Å². The van der Waals surface area contributed by atoms with Gasteiger partial charge in [-0.3, -0.25) is 10.1 Å². The number of nitrogens with zero attached hydrogens (tertiary/aromatic N) is 5. The Bertz CT molecular complexity index is 764.